The van der Waals surface area contributed by atoms with Crippen LogP contribution < -0.4 is 9.47 Å². The molecular weight excluding hydrogens is 551 g/mol. The molecule has 0 saturated carbocycles. The number of fused-ring (bicyclic) bond motifs is 1. The zero-order valence-electron chi connectivity index (χ0n) is 23.8. The monoisotopic (exact) mass is 583 g/mol. The number of rotatable bonds is 7. The number of carbonyl (C=O) groups excluding carboxylic acids is 1. The lowest BCUT2D eigenvalue weighted by Crippen LogP contribution is -2.50. The largest absolute Gasteiger partial charge is 0.493 e. The maximum atomic E-state index is 15.3. The number of alkyl halides is 3. The van der Waals surface area contributed by atoms with Crippen molar-refractivity contribution >= 4 is 17.0 Å². The van der Waals surface area contributed by atoms with Gasteiger partial charge < -0.3 is 19.1 Å². The Balaban J connectivity index is 1.49. The van der Waals surface area contributed by atoms with Gasteiger partial charge >= 0.3 is 6.09 Å². The van der Waals surface area contributed by atoms with Gasteiger partial charge in [-0.2, -0.15) is 5.10 Å². The second-order valence-electron chi connectivity index (χ2n) is 11.0. The van der Waals surface area contributed by atoms with Crippen LogP contribution in [0.15, 0.2) is 55.0 Å². The number of likely N-dealkylation sites (tertiary alicyclic amines) is 1. The number of ether oxygens (including phenoxy) is 3. The van der Waals surface area contributed by atoms with Gasteiger partial charge in [-0.05, 0) is 26.8 Å². The minimum Gasteiger partial charge on any atom is -0.493 e. The van der Waals surface area contributed by atoms with Crippen molar-refractivity contribution in [2.75, 3.05) is 20.2 Å². The van der Waals surface area contributed by atoms with Gasteiger partial charge in [0.1, 0.15) is 30.3 Å². The Hall–Kier alpha value is -4.35. The number of hydrogen-bond donors (Lipinski definition) is 0. The van der Waals surface area contributed by atoms with E-state index in [4.69, 9.17) is 14.2 Å². The van der Waals surface area contributed by atoms with Crippen LogP contribution in [0.25, 0.3) is 33.4 Å². The molecule has 5 rings (SSSR count). The number of hydrogen-bond acceptors (Lipinski definition) is 7. The van der Waals surface area contributed by atoms with Crippen LogP contribution in [0.1, 0.15) is 27.2 Å². The molecule has 0 aliphatic carbocycles. The summed E-state index contributed by atoms with van der Waals surface area (Å²) < 4.78 is 60.1. The van der Waals surface area contributed by atoms with Gasteiger partial charge in [0.25, 0.3) is 6.43 Å². The highest BCUT2D eigenvalue weighted by Gasteiger charge is 2.35. The van der Waals surface area contributed by atoms with Crippen molar-refractivity contribution in [3.05, 3.63) is 55.0 Å². The number of piperidine rings is 1. The predicted octanol–water partition coefficient (Wildman–Crippen LogP) is 6.16. The van der Waals surface area contributed by atoms with E-state index in [1.807, 2.05) is 30.3 Å². The first-order valence-corrected chi connectivity index (χ1v) is 13.5. The zero-order valence-corrected chi connectivity index (χ0v) is 23.8. The molecule has 42 heavy (non-hydrogen) atoms. The number of aromatic nitrogens is 4. The number of methoxy groups -OCH3 is 1. The fourth-order valence-electron chi connectivity index (χ4n) is 4.84. The van der Waals surface area contributed by atoms with E-state index in [-0.39, 0.29) is 25.3 Å². The zero-order chi connectivity index (χ0) is 30.0. The van der Waals surface area contributed by atoms with Gasteiger partial charge in [-0.15, -0.1) is 0 Å². The van der Waals surface area contributed by atoms with E-state index in [9.17, 15) is 13.6 Å². The van der Waals surface area contributed by atoms with Crippen LogP contribution in [-0.4, -0.2) is 75.2 Å². The average molecular weight is 584 g/mol. The van der Waals surface area contributed by atoms with E-state index in [1.165, 1.54) is 29.2 Å². The summed E-state index contributed by atoms with van der Waals surface area (Å²) in [6.45, 7) is 4.77. The van der Waals surface area contributed by atoms with Gasteiger partial charge in [-0.1, -0.05) is 30.3 Å². The van der Waals surface area contributed by atoms with Gasteiger partial charge in [0, 0.05) is 41.7 Å². The molecule has 0 bridgehead atoms. The number of benzene rings is 2. The summed E-state index contributed by atoms with van der Waals surface area (Å²) in [6, 6.07) is 12.5. The summed E-state index contributed by atoms with van der Waals surface area (Å²) in [6.07, 6.45) is -2.35. The van der Waals surface area contributed by atoms with Crippen molar-refractivity contribution in [1.82, 2.24) is 24.6 Å². The molecule has 222 valence electrons. The first-order chi connectivity index (χ1) is 20.0. The maximum Gasteiger partial charge on any atom is 0.410 e. The molecule has 1 aliphatic heterocycles. The normalized spacial score (nSPS) is 17.5. The number of nitrogens with zero attached hydrogens (tertiary/aromatic N) is 5. The van der Waals surface area contributed by atoms with Crippen molar-refractivity contribution in [1.29, 1.82) is 0 Å². The molecule has 2 atom stereocenters. The number of amides is 1. The fourth-order valence-corrected chi connectivity index (χ4v) is 4.84. The SMILES string of the molecule is COc1cc2ncnc(-c3cn(CC(F)F)nc3-c3ccccc3)c2cc1O[C@@H]1CCN(C(=O)OC(C)(C)C)C[C@H]1F. The van der Waals surface area contributed by atoms with Crippen molar-refractivity contribution in [2.45, 2.75) is 58.0 Å². The molecule has 1 amide bonds. The Morgan fingerprint density at radius 2 is 1.86 bits per heavy atom. The van der Waals surface area contributed by atoms with Gasteiger partial charge in [-0.3, -0.25) is 4.68 Å². The average Bonchev–Trinajstić information content (AvgIpc) is 3.35. The van der Waals surface area contributed by atoms with Crippen molar-refractivity contribution < 1.29 is 32.2 Å². The molecule has 1 fully saturated rings. The van der Waals surface area contributed by atoms with Crippen molar-refractivity contribution in [3.8, 4) is 34.0 Å². The van der Waals surface area contributed by atoms with E-state index in [2.05, 4.69) is 15.1 Å². The van der Waals surface area contributed by atoms with Crippen molar-refractivity contribution in [2.24, 2.45) is 0 Å². The molecule has 12 heteroatoms. The molecular formula is C30H32F3N5O4. The Morgan fingerprint density at radius 1 is 1.10 bits per heavy atom. The molecule has 1 aliphatic rings. The Labute approximate surface area is 241 Å². The lowest BCUT2D eigenvalue weighted by molar-refractivity contribution is -0.0109. The molecule has 2 aromatic carbocycles. The summed E-state index contributed by atoms with van der Waals surface area (Å²) >= 11 is 0. The molecule has 0 radical (unpaired) electrons. The number of halogens is 3. The predicted molar refractivity (Wildman–Crippen MR) is 150 cm³/mol. The van der Waals surface area contributed by atoms with Gasteiger partial charge in [-0.25, -0.2) is 27.9 Å². The van der Waals surface area contributed by atoms with E-state index in [0.29, 0.717) is 33.6 Å². The topological polar surface area (TPSA) is 91.6 Å². The van der Waals surface area contributed by atoms with E-state index in [1.54, 1.807) is 32.9 Å². The molecule has 1 saturated heterocycles. The van der Waals surface area contributed by atoms with Crippen LogP contribution in [-0.2, 0) is 11.3 Å². The first kappa shape index (κ1) is 29.2. The Morgan fingerprint density at radius 3 is 2.52 bits per heavy atom. The quantitative estimate of drug-likeness (QED) is 0.257. The van der Waals surface area contributed by atoms with Crippen LogP contribution >= 0.6 is 0 Å². The van der Waals surface area contributed by atoms with E-state index >= 15 is 4.39 Å². The van der Waals surface area contributed by atoms with Gasteiger partial charge in [0.2, 0.25) is 0 Å². The van der Waals surface area contributed by atoms with E-state index < -0.39 is 36.9 Å². The number of carbonyl (C=O) groups is 1. The summed E-state index contributed by atoms with van der Waals surface area (Å²) in [4.78, 5) is 22.6. The lowest BCUT2D eigenvalue weighted by Gasteiger charge is -2.35. The smallest absolute Gasteiger partial charge is 0.410 e. The van der Waals surface area contributed by atoms with Crippen LogP contribution in [0.2, 0.25) is 0 Å². The summed E-state index contributed by atoms with van der Waals surface area (Å²) in [5.41, 5.74) is 2.01. The fraction of sp³-hybridized carbons (Fsp3) is 0.400. The van der Waals surface area contributed by atoms with Gasteiger partial charge in [0.15, 0.2) is 17.7 Å². The van der Waals surface area contributed by atoms with Gasteiger partial charge in [0.05, 0.1) is 24.9 Å². The molecule has 4 aromatic rings. The minimum atomic E-state index is -2.59. The highest BCUT2D eigenvalue weighted by atomic mass is 19.3. The third-order valence-corrected chi connectivity index (χ3v) is 6.72. The second-order valence-corrected chi connectivity index (χ2v) is 11.0. The van der Waals surface area contributed by atoms with Crippen molar-refractivity contribution in [3.63, 3.8) is 0 Å². The highest BCUT2D eigenvalue weighted by Crippen LogP contribution is 2.39. The Kier molecular flexibility index (Phi) is 8.24. The lowest BCUT2D eigenvalue weighted by atomic mass is 10.0. The standard InChI is InChI=1S/C30H32F3N5O4/c1-30(2,3)42-29(39)37-11-10-23(21(31)15-37)41-25-12-19-22(13-24(25)40-4)34-17-35-28(19)20-14-38(16-26(32)33)36-27(20)18-8-6-5-7-9-18/h5-9,12-14,17,21,23,26H,10-11,15-16H2,1-4H3/t21-,23-/m1/s1. The van der Waals surface area contributed by atoms with Crippen LogP contribution in [0.5, 0.6) is 11.5 Å². The molecule has 0 spiro atoms. The summed E-state index contributed by atoms with van der Waals surface area (Å²) in [5.74, 6) is 0.603. The molecule has 3 heterocycles. The third-order valence-electron chi connectivity index (χ3n) is 6.72. The molecule has 0 N–H and O–H groups in total. The minimum absolute atomic E-state index is 0.173. The maximum absolute atomic E-state index is 15.3. The molecule has 9 nitrogen and oxygen atoms in total. The Bertz CT molecular complexity index is 1560. The van der Waals surface area contributed by atoms with Crippen LogP contribution in [0.4, 0.5) is 18.0 Å². The second kappa shape index (κ2) is 11.9. The summed E-state index contributed by atoms with van der Waals surface area (Å²) in [7, 11) is 1.47. The first-order valence-electron chi connectivity index (χ1n) is 13.5. The van der Waals surface area contributed by atoms with E-state index in [0.717, 1.165) is 5.56 Å². The van der Waals surface area contributed by atoms with Crippen LogP contribution in [0, 0.1) is 0 Å². The van der Waals surface area contributed by atoms with Crippen LogP contribution in [0.3, 0.4) is 0 Å². The summed E-state index contributed by atoms with van der Waals surface area (Å²) in [5, 5.41) is 4.98. The third kappa shape index (κ3) is 6.42. The molecule has 2 aromatic heterocycles. The molecule has 0 unspecified atom stereocenters. The highest BCUT2D eigenvalue weighted by molar-refractivity contribution is 5.97.